The average Bonchev–Trinajstić information content (AvgIpc) is 3.12. The number of aryl methyl sites for hydroxylation is 1. The van der Waals surface area contributed by atoms with Crippen molar-refractivity contribution in [1.82, 2.24) is 10.2 Å². The maximum atomic E-state index is 12.7. The minimum absolute atomic E-state index is 0.0210. The number of likely N-dealkylation sites (tertiary alicyclic amines) is 1. The summed E-state index contributed by atoms with van der Waals surface area (Å²) in [5.74, 6) is -0.842. The smallest absolute Gasteiger partial charge is 0.253 e. The number of unbranched alkanes of at least 4 members (excludes halogenated alkanes) is 1. The first-order valence-electron chi connectivity index (χ1n) is 10.5. The Morgan fingerprint density at radius 3 is 2.57 bits per heavy atom. The highest BCUT2D eigenvalue weighted by Crippen LogP contribution is 2.22. The Morgan fingerprint density at radius 1 is 1.10 bits per heavy atom. The monoisotopic (exact) mass is 407 g/mol. The molecule has 2 aromatic rings. The maximum Gasteiger partial charge on any atom is 0.253 e. The fourth-order valence-corrected chi connectivity index (χ4v) is 3.52. The third-order valence-corrected chi connectivity index (χ3v) is 5.37. The van der Waals surface area contributed by atoms with Crippen LogP contribution in [-0.4, -0.2) is 35.7 Å². The molecule has 0 aromatic heterocycles. The molecular weight excluding hydrogens is 378 g/mol. The van der Waals surface area contributed by atoms with Crippen LogP contribution in [0.1, 0.15) is 47.7 Å². The Labute approximate surface area is 177 Å². The van der Waals surface area contributed by atoms with E-state index in [0.29, 0.717) is 30.9 Å². The number of amides is 3. The van der Waals surface area contributed by atoms with E-state index < -0.39 is 5.92 Å². The van der Waals surface area contributed by atoms with Gasteiger partial charge < -0.3 is 15.5 Å². The van der Waals surface area contributed by atoms with Crippen LogP contribution in [0, 0.1) is 12.8 Å². The zero-order valence-corrected chi connectivity index (χ0v) is 17.6. The number of carbonyl (C=O) groups excluding carboxylic acids is 3. The summed E-state index contributed by atoms with van der Waals surface area (Å²) in [5, 5.41) is 5.76. The number of nitrogens with one attached hydrogen (secondary N) is 2. The van der Waals surface area contributed by atoms with Gasteiger partial charge in [0.1, 0.15) is 0 Å². The largest absolute Gasteiger partial charge is 0.348 e. The minimum atomic E-state index is -0.391. The van der Waals surface area contributed by atoms with E-state index in [0.717, 1.165) is 24.0 Å². The molecule has 2 N–H and O–H groups in total. The molecule has 0 unspecified atom stereocenters. The summed E-state index contributed by atoms with van der Waals surface area (Å²) >= 11 is 0. The number of nitrogens with zero attached hydrogens (tertiary/aromatic N) is 1. The van der Waals surface area contributed by atoms with Gasteiger partial charge in [-0.05, 0) is 31.0 Å². The second-order valence-corrected chi connectivity index (χ2v) is 7.80. The summed E-state index contributed by atoms with van der Waals surface area (Å²) in [6, 6.07) is 14.9. The van der Waals surface area contributed by atoms with Crippen LogP contribution < -0.4 is 10.6 Å². The molecule has 0 bridgehead atoms. The molecule has 6 nitrogen and oxygen atoms in total. The molecule has 1 heterocycles. The van der Waals surface area contributed by atoms with Gasteiger partial charge in [-0.15, -0.1) is 0 Å². The Hall–Kier alpha value is -3.15. The van der Waals surface area contributed by atoms with E-state index >= 15 is 0 Å². The number of carbonyl (C=O) groups is 3. The predicted molar refractivity (Wildman–Crippen MR) is 117 cm³/mol. The van der Waals surface area contributed by atoms with Crippen molar-refractivity contribution in [3.05, 3.63) is 65.2 Å². The molecule has 3 amide bonds. The van der Waals surface area contributed by atoms with E-state index in [1.54, 1.807) is 29.2 Å². The summed E-state index contributed by atoms with van der Waals surface area (Å²) in [5.41, 5.74) is 3.04. The summed E-state index contributed by atoms with van der Waals surface area (Å²) in [7, 11) is 0. The molecule has 0 spiro atoms. The van der Waals surface area contributed by atoms with Gasteiger partial charge >= 0.3 is 0 Å². The molecule has 2 aromatic carbocycles. The van der Waals surface area contributed by atoms with Gasteiger partial charge in [-0.1, -0.05) is 55.3 Å². The molecule has 0 radical (unpaired) electrons. The molecular formula is C24H29N3O3. The second-order valence-electron chi connectivity index (χ2n) is 7.80. The molecule has 158 valence electrons. The molecule has 3 rings (SSSR count). The first-order chi connectivity index (χ1) is 14.5. The highest BCUT2D eigenvalue weighted by Gasteiger charge is 2.34. The lowest BCUT2D eigenvalue weighted by atomic mass is 10.1. The van der Waals surface area contributed by atoms with Crippen LogP contribution in [0.15, 0.2) is 48.5 Å². The SMILES string of the molecule is CCCCN1C[C@@H](C(=O)Nc2ccccc2C(=O)NCc2ccc(C)cc2)CC1=O. The lowest BCUT2D eigenvalue weighted by molar-refractivity contribution is -0.128. The van der Waals surface area contributed by atoms with Gasteiger partial charge in [0.25, 0.3) is 5.91 Å². The van der Waals surface area contributed by atoms with Crippen molar-refractivity contribution in [1.29, 1.82) is 0 Å². The van der Waals surface area contributed by atoms with E-state index in [2.05, 4.69) is 17.6 Å². The van der Waals surface area contributed by atoms with Crippen LogP contribution >= 0.6 is 0 Å². The fraction of sp³-hybridized carbons (Fsp3) is 0.375. The van der Waals surface area contributed by atoms with Crippen molar-refractivity contribution in [3.8, 4) is 0 Å². The molecule has 1 atom stereocenters. The lowest BCUT2D eigenvalue weighted by Gasteiger charge is -2.16. The lowest BCUT2D eigenvalue weighted by Crippen LogP contribution is -2.30. The Balaban J connectivity index is 1.62. The van der Waals surface area contributed by atoms with E-state index in [1.165, 1.54) is 0 Å². The summed E-state index contributed by atoms with van der Waals surface area (Å²) in [4.78, 5) is 39.4. The quantitative estimate of drug-likeness (QED) is 0.703. The van der Waals surface area contributed by atoms with Crippen molar-refractivity contribution in [2.24, 2.45) is 5.92 Å². The third-order valence-electron chi connectivity index (χ3n) is 5.37. The molecule has 1 aliphatic heterocycles. The highest BCUT2D eigenvalue weighted by molar-refractivity contribution is 6.05. The molecule has 0 aliphatic carbocycles. The van der Waals surface area contributed by atoms with Crippen LogP contribution in [0.5, 0.6) is 0 Å². The van der Waals surface area contributed by atoms with Gasteiger partial charge in [0.05, 0.1) is 17.2 Å². The number of hydrogen-bond acceptors (Lipinski definition) is 3. The van der Waals surface area contributed by atoms with Crippen molar-refractivity contribution in [2.75, 3.05) is 18.4 Å². The van der Waals surface area contributed by atoms with Crippen LogP contribution in [0.3, 0.4) is 0 Å². The highest BCUT2D eigenvalue weighted by atomic mass is 16.2. The first kappa shape index (κ1) is 21.6. The van der Waals surface area contributed by atoms with Crippen molar-refractivity contribution >= 4 is 23.4 Å². The van der Waals surface area contributed by atoms with E-state index in [-0.39, 0.29) is 24.1 Å². The summed E-state index contributed by atoms with van der Waals surface area (Å²) in [6.07, 6.45) is 2.16. The van der Waals surface area contributed by atoms with E-state index in [1.807, 2.05) is 31.2 Å². The molecule has 1 fully saturated rings. The van der Waals surface area contributed by atoms with E-state index in [9.17, 15) is 14.4 Å². The van der Waals surface area contributed by atoms with Gasteiger partial charge in [0, 0.05) is 26.1 Å². The molecule has 1 aliphatic rings. The molecule has 30 heavy (non-hydrogen) atoms. The Bertz CT molecular complexity index is 908. The normalized spacial score (nSPS) is 15.9. The van der Waals surface area contributed by atoms with Crippen molar-refractivity contribution in [3.63, 3.8) is 0 Å². The number of rotatable bonds is 8. The zero-order valence-electron chi connectivity index (χ0n) is 17.6. The van der Waals surface area contributed by atoms with Gasteiger partial charge in [0.2, 0.25) is 11.8 Å². The van der Waals surface area contributed by atoms with Crippen LogP contribution in [0.2, 0.25) is 0 Å². The number of benzene rings is 2. The van der Waals surface area contributed by atoms with E-state index in [4.69, 9.17) is 0 Å². The average molecular weight is 408 g/mol. The number of hydrogen-bond donors (Lipinski definition) is 2. The molecule has 6 heteroatoms. The van der Waals surface area contributed by atoms with Crippen molar-refractivity contribution in [2.45, 2.75) is 39.7 Å². The predicted octanol–water partition coefficient (Wildman–Crippen LogP) is 3.51. The Morgan fingerprint density at radius 2 is 1.83 bits per heavy atom. The van der Waals surface area contributed by atoms with Gasteiger partial charge in [-0.3, -0.25) is 14.4 Å². The molecule has 1 saturated heterocycles. The standard InChI is InChI=1S/C24H29N3O3/c1-3-4-13-27-16-19(14-22(27)28)23(29)26-21-8-6-5-7-20(21)24(30)25-15-18-11-9-17(2)10-12-18/h5-12,19H,3-4,13-16H2,1-2H3,(H,25,30)(H,26,29)/t19-/m0/s1. The third kappa shape index (κ3) is 5.47. The molecule has 0 saturated carbocycles. The van der Waals surface area contributed by atoms with Gasteiger partial charge in [0.15, 0.2) is 0 Å². The van der Waals surface area contributed by atoms with Crippen LogP contribution in [0.4, 0.5) is 5.69 Å². The maximum absolute atomic E-state index is 12.7. The Kier molecular flexibility index (Phi) is 7.22. The second kappa shape index (κ2) is 10.1. The van der Waals surface area contributed by atoms with Crippen molar-refractivity contribution < 1.29 is 14.4 Å². The van der Waals surface area contributed by atoms with Gasteiger partial charge in [-0.25, -0.2) is 0 Å². The summed E-state index contributed by atoms with van der Waals surface area (Å²) < 4.78 is 0. The number of para-hydroxylation sites is 1. The first-order valence-corrected chi connectivity index (χ1v) is 10.5. The zero-order chi connectivity index (χ0) is 21.5. The topological polar surface area (TPSA) is 78.5 Å². The fourth-order valence-electron chi connectivity index (χ4n) is 3.52. The van der Waals surface area contributed by atoms with Crippen LogP contribution in [-0.2, 0) is 16.1 Å². The number of anilines is 1. The van der Waals surface area contributed by atoms with Gasteiger partial charge in [-0.2, -0.15) is 0 Å². The summed E-state index contributed by atoms with van der Waals surface area (Å²) in [6.45, 7) is 5.63. The minimum Gasteiger partial charge on any atom is -0.348 e. The van der Waals surface area contributed by atoms with Crippen LogP contribution in [0.25, 0.3) is 0 Å².